The van der Waals surface area contributed by atoms with Gasteiger partial charge in [-0.3, -0.25) is 9.59 Å². The van der Waals surface area contributed by atoms with E-state index in [1.165, 1.54) is 6.08 Å². The number of para-hydroxylation sites is 2. The maximum atomic E-state index is 13.9. The lowest BCUT2D eigenvalue weighted by atomic mass is 9.71. The van der Waals surface area contributed by atoms with Gasteiger partial charge in [0.25, 0.3) is 0 Å². The van der Waals surface area contributed by atoms with Crippen LogP contribution in [-0.4, -0.2) is 66.0 Å². The quantitative estimate of drug-likeness (QED) is 0.774. The average molecular weight is 420 g/mol. The molecule has 31 heavy (non-hydrogen) atoms. The van der Waals surface area contributed by atoms with Crippen molar-refractivity contribution in [3.05, 3.63) is 72.8 Å². The number of rotatable bonds is 4. The number of anilines is 1. The van der Waals surface area contributed by atoms with Crippen LogP contribution in [0.4, 0.5) is 5.69 Å². The van der Waals surface area contributed by atoms with Crippen LogP contribution < -0.4 is 4.90 Å². The van der Waals surface area contributed by atoms with Crippen LogP contribution in [0.2, 0.25) is 0 Å². The molecule has 0 aliphatic carbocycles. The summed E-state index contributed by atoms with van der Waals surface area (Å²) in [5.74, 6) is 0.328. The van der Waals surface area contributed by atoms with Gasteiger partial charge in [0.05, 0.1) is 11.1 Å². The van der Waals surface area contributed by atoms with Gasteiger partial charge < -0.3 is 19.8 Å². The molecule has 2 amide bonds. The third-order valence-electron chi connectivity index (χ3n) is 6.63. The van der Waals surface area contributed by atoms with Crippen LogP contribution in [0.5, 0.6) is 5.75 Å². The van der Waals surface area contributed by atoms with E-state index in [0.29, 0.717) is 52.1 Å². The number of piperazine rings is 1. The zero-order valence-electron chi connectivity index (χ0n) is 17.7. The lowest BCUT2D eigenvalue weighted by Gasteiger charge is -2.45. The monoisotopic (exact) mass is 419 g/mol. The molecule has 2 aromatic rings. The Morgan fingerprint density at radius 3 is 2.06 bits per heavy atom. The Morgan fingerprint density at radius 2 is 1.45 bits per heavy atom. The number of phenolic OH excluding ortho intramolecular Hbond substituents is 1. The van der Waals surface area contributed by atoms with Crippen molar-refractivity contribution in [2.75, 3.05) is 44.2 Å². The van der Waals surface area contributed by atoms with Crippen molar-refractivity contribution in [3.8, 4) is 5.75 Å². The molecule has 0 unspecified atom stereocenters. The van der Waals surface area contributed by atoms with Gasteiger partial charge >= 0.3 is 0 Å². The molecule has 0 saturated carbocycles. The summed E-state index contributed by atoms with van der Waals surface area (Å²) in [4.78, 5) is 31.8. The highest BCUT2D eigenvalue weighted by Gasteiger charge is 2.46. The summed E-state index contributed by atoms with van der Waals surface area (Å²) >= 11 is 0. The molecule has 6 heteroatoms. The number of carbonyl (C=O) groups excluding carboxylic acids is 2. The summed E-state index contributed by atoms with van der Waals surface area (Å²) in [5, 5.41) is 10.2. The van der Waals surface area contributed by atoms with E-state index in [0.717, 1.165) is 11.3 Å². The van der Waals surface area contributed by atoms with Crippen LogP contribution in [0, 0.1) is 0 Å². The topological polar surface area (TPSA) is 64.1 Å². The summed E-state index contributed by atoms with van der Waals surface area (Å²) in [7, 11) is 0. The second-order valence-electron chi connectivity index (χ2n) is 8.25. The van der Waals surface area contributed by atoms with E-state index >= 15 is 0 Å². The van der Waals surface area contributed by atoms with Crippen LogP contribution >= 0.6 is 0 Å². The number of benzene rings is 2. The third-order valence-corrected chi connectivity index (χ3v) is 6.63. The highest BCUT2D eigenvalue weighted by Crippen LogP contribution is 2.38. The molecule has 162 valence electrons. The first-order valence-corrected chi connectivity index (χ1v) is 10.8. The fourth-order valence-corrected chi connectivity index (χ4v) is 4.81. The first kappa shape index (κ1) is 21.0. The van der Waals surface area contributed by atoms with Gasteiger partial charge in [-0.1, -0.05) is 49.0 Å². The van der Waals surface area contributed by atoms with Gasteiger partial charge in [0, 0.05) is 39.3 Å². The second kappa shape index (κ2) is 8.84. The number of likely N-dealkylation sites (tertiary alicyclic amines) is 1. The number of aromatic hydroxyl groups is 1. The van der Waals surface area contributed by atoms with Crippen molar-refractivity contribution in [2.24, 2.45) is 0 Å². The molecule has 2 saturated heterocycles. The van der Waals surface area contributed by atoms with Crippen molar-refractivity contribution < 1.29 is 14.7 Å². The molecule has 6 nitrogen and oxygen atoms in total. The largest absolute Gasteiger partial charge is 0.506 e. The van der Waals surface area contributed by atoms with Crippen LogP contribution in [0.15, 0.2) is 67.3 Å². The van der Waals surface area contributed by atoms with E-state index in [9.17, 15) is 14.7 Å². The van der Waals surface area contributed by atoms with Gasteiger partial charge in [-0.2, -0.15) is 0 Å². The van der Waals surface area contributed by atoms with Gasteiger partial charge in [-0.15, -0.1) is 0 Å². The zero-order chi connectivity index (χ0) is 21.8. The average Bonchev–Trinajstić information content (AvgIpc) is 2.84. The van der Waals surface area contributed by atoms with Crippen LogP contribution in [0.1, 0.15) is 18.4 Å². The number of hydrogen-bond donors (Lipinski definition) is 1. The first-order chi connectivity index (χ1) is 15.0. The second-order valence-corrected chi connectivity index (χ2v) is 8.25. The number of carbonyl (C=O) groups is 2. The van der Waals surface area contributed by atoms with Crippen LogP contribution in [0.25, 0.3) is 0 Å². The van der Waals surface area contributed by atoms with Crippen molar-refractivity contribution in [1.29, 1.82) is 0 Å². The molecule has 2 aliphatic heterocycles. The molecule has 2 heterocycles. The number of nitrogens with zero attached hydrogens (tertiary/aromatic N) is 3. The molecule has 1 N–H and O–H groups in total. The van der Waals surface area contributed by atoms with Crippen molar-refractivity contribution >= 4 is 17.5 Å². The van der Waals surface area contributed by atoms with Gasteiger partial charge in [-0.25, -0.2) is 0 Å². The Balaban J connectivity index is 1.52. The van der Waals surface area contributed by atoms with Crippen LogP contribution in [-0.2, 0) is 15.0 Å². The molecular weight excluding hydrogens is 390 g/mol. The smallest absolute Gasteiger partial charge is 0.245 e. The minimum Gasteiger partial charge on any atom is -0.506 e. The van der Waals surface area contributed by atoms with Crippen molar-refractivity contribution in [1.82, 2.24) is 9.80 Å². The van der Waals surface area contributed by atoms with Crippen molar-refractivity contribution in [2.45, 2.75) is 18.3 Å². The number of phenols is 1. The number of amides is 2. The normalized spacial score (nSPS) is 18.5. The highest BCUT2D eigenvalue weighted by atomic mass is 16.3. The molecule has 2 aliphatic rings. The Morgan fingerprint density at radius 1 is 0.839 bits per heavy atom. The molecule has 0 radical (unpaired) electrons. The van der Waals surface area contributed by atoms with E-state index in [2.05, 4.69) is 11.5 Å². The molecule has 2 fully saturated rings. The lowest BCUT2D eigenvalue weighted by molar-refractivity contribution is -0.142. The standard InChI is InChI=1S/C25H29N3O3/c1-2-23(30)27-14-12-25(13-15-27,20-8-4-3-5-9-20)24(31)28-18-16-26(17-19-28)21-10-6-7-11-22(21)29/h2-11,29H,1,12-19H2. The maximum absolute atomic E-state index is 13.9. The molecule has 0 spiro atoms. The van der Waals surface area contributed by atoms with Crippen molar-refractivity contribution in [3.63, 3.8) is 0 Å². The fraction of sp³-hybridized carbons (Fsp3) is 0.360. The molecule has 2 aromatic carbocycles. The summed E-state index contributed by atoms with van der Waals surface area (Å²) in [5.41, 5.74) is 1.22. The molecule has 0 bridgehead atoms. The Hall–Kier alpha value is -3.28. The summed E-state index contributed by atoms with van der Waals surface area (Å²) in [6, 6.07) is 17.3. The van der Waals surface area contributed by atoms with Gasteiger partial charge in [-0.05, 0) is 36.6 Å². The minimum atomic E-state index is -0.615. The molecule has 0 atom stereocenters. The first-order valence-electron chi connectivity index (χ1n) is 10.8. The summed E-state index contributed by atoms with van der Waals surface area (Å²) in [6.45, 7) is 7.25. The van der Waals surface area contributed by atoms with Gasteiger partial charge in [0.2, 0.25) is 11.8 Å². The SMILES string of the molecule is C=CC(=O)N1CCC(C(=O)N2CCN(c3ccccc3O)CC2)(c2ccccc2)CC1. The summed E-state index contributed by atoms with van der Waals surface area (Å²) < 4.78 is 0. The molecular formula is C25H29N3O3. The summed E-state index contributed by atoms with van der Waals surface area (Å²) in [6.07, 6.45) is 2.56. The van der Waals surface area contributed by atoms with Gasteiger partial charge in [0.15, 0.2) is 0 Å². The van der Waals surface area contributed by atoms with Crippen LogP contribution in [0.3, 0.4) is 0 Å². The highest BCUT2D eigenvalue weighted by molar-refractivity contribution is 5.90. The predicted octanol–water partition coefficient (Wildman–Crippen LogP) is 2.79. The molecule has 0 aromatic heterocycles. The van der Waals surface area contributed by atoms with E-state index in [4.69, 9.17) is 0 Å². The van der Waals surface area contributed by atoms with E-state index in [-0.39, 0.29) is 17.6 Å². The third kappa shape index (κ3) is 4.02. The maximum Gasteiger partial charge on any atom is 0.245 e. The molecule has 4 rings (SSSR count). The van der Waals surface area contributed by atoms with E-state index in [1.807, 2.05) is 53.4 Å². The Bertz CT molecular complexity index is 943. The van der Waals surface area contributed by atoms with Gasteiger partial charge in [0.1, 0.15) is 5.75 Å². The zero-order valence-corrected chi connectivity index (χ0v) is 17.7. The Kier molecular flexibility index (Phi) is 5.98. The number of piperidine rings is 1. The fourth-order valence-electron chi connectivity index (χ4n) is 4.81. The minimum absolute atomic E-state index is 0.0783. The van der Waals surface area contributed by atoms with E-state index in [1.54, 1.807) is 11.0 Å². The lowest BCUT2D eigenvalue weighted by Crippen LogP contribution is -2.57. The predicted molar refractivity (Wildman–Crippen MR) is 121 cm³/mol. The van der Waals surface area contributed by atoms with E-state index < -0.39 is 5.41 Å². The Labute approximate surface area is 183 Å². The number of hydrogen-bond acceptors (Lipinski definition) is 4.